The SMILES string of the molecule is CNC(=O)C(C)NC1CCOC2(CCCCC2)C1. The van der Waals surface area contributed by atoms with Crippen molar-refractivity contribution in [3.8, 4) is 0 Å². The van der Waals surface area contributed by atoms with Crippen molar-refractivity contribution >= 4 is 5.91 Å². The van der Waals surface area contributed by atoms with E-state index in [4.69, 9.17) is 4.74 Å². The third-order valence-electron chi connectivity index (χ3n) is 4.38. The summed E-state index contributed by atoms with van der Waals surface area (Å²) in [6.07, 6.45) is 8.39. The number of carbonyl (C=O) groups is 1. The van der Waals surface area contributed by atoms with Crippen molar-refractivity contribution in [3.05, 3.63) is 0 Å². The first-order valence-electron chi connectivity index (χ1n) is 7.27. The second-order valence-electron chi connectivity index (χ2n) is 5.78. The van der Waals surface area contributed by atoms with E-state index in [1.54, 1.807) is 7.05 Å². The van der Waals surface area contributed by atoms with Gasteiger partial charge in [0, 0.05) is 19.7 Å². The summed E-state index contributed by atoms with van der Waals surface area (Å²) in [4.78, 5) is 11.5. The van der Waals surface area contributed by atoms with Crippen LogP contribution in [-0.4, -0.2) is 37.2 Å². The van der Waals surface area contributed by atoms with E-state index in [-0.39, 0.29) is 17.6 Å². The van der Waals surface area contributed by atoms with Crippen LogP contribution in [0.25, 0.3) is 0 Å². The van der Waals surface area contributed by atoms with Gasteiger partial charge in [-0.2, -0.15) is 0 Å². The van der Waals surface area contributed by atoms with Crippen LogP contribution in [0.1, 0.15) is 51.9 Å². The van der Waals surface area contributed by atoms with E-state index in [1.165, 1.54) is 32.1 Å². The maximum Gasteiger partial charge on any atom is 0.236 e. The van der Waals surface area contributed by atoms with Crippen molar-refractivity contribution in [1.82, 2.24) is 10.6 Å². The van der Waals surface area contributed by atoms with Crippen LogP contribution in [0.3, 0.4) is 0 Å². The van der Waals surface area contributed by atoms with Gasteiger partial charge >= 0.3 is 0 Å². The molecule has 4 nitrogen and oxygen atoms in total. The molecule has 104 valence electrons. The molecule has 2 atom stereocenters. The first kappa shape index (κ1) is 13.8. The molecular formula is C14H26N2O2. The van der Waals surface area contributed by atoms with E-state index in [0.717, 1.165) is 19.4 Å². The van der Waals surface area contributed by atoms with E-state index in [0.29, 0.717) is 6.04 Å². The first-order chi connectivity index (χ1) is 8.65. The van der Waals surface area contributed by atoms with Crippen LogP contribution in [0.5, 0.6) is 0 Å². The average Bonchev–Trinajstić information content (AvgIpc) is 2.38. The summed E-state index contributed by atoms with van der Waals surface area (Å²) in [7, 11) is 1.69. The maximum atomic E-state index is 11.5. The van der Waals surface area contributed by atoms with Crippen molar-refractivity contribution in [2.24, 2.45) is 0 Å². The second-order valence-corrected chi connectivity index (χ2v) is 5.78. The van der Waals surface area contributed by atoms with Gasteiger partial charge in [0.1, 0.15) is 0 Å². The molecule has 18 heavy (non-hydrogen) atoms. The summed E-state index contributed by atoms with van der Waals surface area (Å²) >= 11 is 0. The van der Waals surface area contributed by atoms with Gasteiger partial charge in [-0.1, -0.05) is 19.3 Å². The van der Waals surface area contributed by atoms with Crippen LogP contribution in [0.4, 0.5) is 0 Å². The lowest BCUT2D eigenvalue weighted by Gasteiger charge is -2.44. The van der Waals surface area contributed by atoms with Gasteiger partial charge in [-0.05, 0) is 32.6 Å². The fourth-order valence-electron chi connectivity index (χ4n) is 3.36. The molecule has 2 N–H and O–H groups in total. The topological polar surface area (TPSA) is 50.4 Å². The molecular weight excluding hydrogens is 228 g/mol. The zero-order valence-electron chi connectivity index (χ0n) is 11.6. The highest BCUT2D eigenvalue weighted by Gasteiger charge is 2.38. The number of ether oxygens (including phenoxy) is 1. The second kappa shape index (κ2) is 6.02. The lowest BCUT2D eigenvalue weighted by Crippen LogP contribution is -2.52. The predicted octanol–water partition coefficient (Wildman–Crippen LogP) is 1.59. The third-order valence-corrected chi connectivity index (χ3v) is 4.38. The summed E-state index contributed by atoms with van der Waals surface area (Å²) in [6.45, 7) is 2.76. The van der Waals surface area contributed by atoms with Crippen molar-refractivity contribution in [2.75, 3.05) is 13.7 Å². The highest BCUT2D eigenvalue weighted by Crippen LogP contribution is 2.38. The summed E-state index contributed by atoms with van der Waals surface area (Å²) in [6, 6.07) is 0.308. The number of rotatable bonds is 3. The fraction of sp³-hybridized carbons (Fsp3) is 0.929. The Morgan fingerprint density at radius 1 is 1.33 bits per heavy atom. The van der Waals surface area contributed by atoms with Crippen LogP contribution in [0.2, 0.25) is 0 Å². The Kier molecular flexibility index (Phi) is 4.62. The molecule has 2 rings (SSSR count). The molecule has 1 saturated carbocycles. The van der Waals surface area contributed by atoms with Crippen LogP contribution < -0.4 is 10.6 Å². The smallest absolute Gasteiger partial charge is 0.236 e. The van der Waals surface area contributed by atoms with Gasteiger partial charge in [0.15, 0.2) is 0 Å². The molecule has 0 bridgehead atoms. The Morgan fingerprint density at radius 2 is 2.06 bits per heavy atom. The van der Waals surface area contributed by atoms with Crippen LogP contribution in [0, 0.1) is 0 Å². The van der Waals surface area contributed by atoms with Crippen molar-refractivity contribution in [1.29, 1.82) is 0 Å². The molecule has 1 spiro atoms. The summed E-state index contributed by atoms with van der Waals surface area (Å²) in [5.74, 6) is 0.0687. The lowest BCUT2D eigenvalue weighted by atomic mass is 9.78. The number of hydrogen-bond donors (Lipinski definition) is 2. The molecule has 1 saturated heterocycles. The monoisotopic (exact) mass is 254 g/mol. The Balaban J connectivity index is 1.88. The van der Waals surface area contributed by atoms with Crippen LogP contribution in [-0.2, 0) is 9.53 Å². The van der Waals surface area contributed by atoms with Gasteiger partial charge in [-0.25, -0.2) is 0 Å². The summed E-state index contributed by atoms with van der Waals surface area (Å²) in [5, 5.41) is 6.14. The molecule has 0 aromatic carbocycles. The normalized spacial score (nSPS) is 28.9. The minimum absolute atomic E-state index is 0.0687. The average molecular weight is 254 g/mol. The zero-order chi connectivity index (χ0) is 13.0. The standard InChI is InChI=1S/C14H26N2O2/c1-11(13(17)15-2)16-12-6-9-18-14(10-12)7-4-3-5-8-14/h11-12,16H,3-10H2,1-2H3,(H,15,17). The fourth-order valence-corrected chi connectivity index (χ4v) is 3.36. The number of amides is 1. The molecule has 1 aliphatic heterocycles. The van der Waals surface area contributed by atoms with Gasteiger partial charge in [0.25, 0.3) is 0 Å². The highest BCUT2D eigenvalue weighted by molar-refractivity contribution is 5.80. The molecule has 1 aliphatic carbocycles. The quantitative estimate of drug-likeness (QED) is 0.804. The predicted molar refractivity (Wildman–Crippen MR) is 71.5 cm³/mol. The zero-order valence-corrected chi connectivity index (χ0v) is 11.6. The van der Waals surface area contributed by atoms with E-state index in [2.05, 4.69) is 10.6 Å². The Labute approximate surface area is 110 Å². The van der Waals surface area contributed by atoms with Crippen molar-refractivity contribution in [2.45, 2.75) is 69.6 Å². The van der Waals surface area contributed by atoms with Gasteiger partial charge in [0.2, 0.25) is 5.91 Å². The largest absolute Gasteiger partial charge is 0.375 e. The van der Waals surface area contributed by atoms with Crippen molar-refractivity contribution in [3.63, 3.8) is 0 Å². The molecule has 1 amide bonds. The number of hydrogen-bond acceptors (Lipinski definition) is 3. The Morgan fingerprint density at radius 3 is 2.72 bits per heavy atom. The van der Waals surface area contributed by atoms with Gasteiger partial charge < -0.3 is 15.4 Å². The molecule has 4 heteroatoms. The molecule has 0 aromatic rings. The minimum atomic E-state index is -0.112. The van der Waals surface area contributed by atoms with Gasteiger partial charge in [-0.15, -0.1) is 0 Å². The number of carbonyl (C=O) groups excluding carboxylic acids is 1. The lowest BCUT2D eigenvalue weighted by molar-refractivity contribution is -0.125. The molecule has 0 aromatic heterocycles. The molecule has 2 fully saturated rings. The first-order valence-corrected chi connectivity index (χ1v) is 7.27. The van der Waals surface area contributed by atoms with E-state index < -0.39 is 0 Å². The van der Waals surface area contributed by atoms with Gasteiger partial charge in [-0.3, -0.25) is 4.79 Å². The molecule has 2 unspecified atom stereocenters. The van der Waals surface area contributed by atoms with E-state index in [1.807, 2.05) is 6.92 Å². The van der Waals surface area contributed by atoms with Crippen LogP contribution in [0.15, 0.2) is 0 Å². The Bertz CT molecular complexity index is 282. The Hall–Kier alpha value is -0.610. The third kappa shape index (κ3) is 3.23. The number of likely N-dealkylation sites (N-methyl/N-ethyl adjacent to an activating group) is 1. The maximum absolute atomic E-state index is 11.5. The molecule has 0 radical (unpaired) electrons. The number of nitrogens with one attached hydrogen (secondary N) is 2. The summed E-state index contributed by atoms with van der Waals surface area (Å²) < 4.78 is 6.06. The van der Waals surface area contributed by atoms with Crippen LogP contribution >= 0.6 is 0 Å². The highest BCUT2D eigenvalue weighted by atomic mass is 16.5. The van der Waals surface area contributed by atoms with Crippen molar-refractivity contribution < 1.29 is 9.53 Å². The van der Waals surface area contributed by atoms with E-state index in [9.17, 15) is 4.79 Å². The van der Waals surface area contributed by atoms with Gasteiger partial charge in [0.05, 0.1) is 11.6 Å². The minimum Gasteiger partial charge on any atom is -0.375 e. The van der Waals surface area contributed by atoms with E-state index >= 15 is 0 Å². The molecule has 1 heterocycles. The molecule has 2 aliphatic rings. The summed E-state index contributed by atoms with van der Waals surface area (Å²) in [5.41, 5.74) is 0.108.